The monoisotopic (exact) mass is 601 g/mol. The van der Waals surface area contributed by atoms with Gasteiger partial charge < -0.3 is 19.9 Å². The number of nitrogens with zero attached hydrogens (tertiary/aromatic N) is 2. The number of carbonyl (C=O) groups is 1. The highest BCUT2D eigenvalue weighted by molar-refractivity contribution is 8.01. The first-order chi connectivity index (χ1) is 17.6. The lowest BCUT2D eigenvalue weighted by Gasteiger charge is -2.41. The van der Waals surface area contributed by atoms with Crippen molar-refractivity contribution in [3.63, 3.8) is 0 Å². The Labute approximate surface area is 238 Å². The normalized spacial score (nSPS) is 22.1. The van der Waals surface area contributed by atoms with Crippen LogP contribution in [0.15, 0.2) is 52.9 Å². The first-order valence-corrected chi connectivity index (χ1v) is 14.4. The van der Waals surface area contributed by atoms with E-state index < -0.39 is 16.0 Å². The number of benzene rings is 2. The number of thioether (sulfide) groups is 1. The summed E-state index contributed by atoms with van der Waals surface area (Å²) >= 11 is 20.0. The summed E-state index contributed by atoms with van der Waals surface area (Å²) < 4.78 is 11.8. The van der Waals surface area contributed by atoms with Gasteiger partial charge in [0.1, 0.15) is 5.01 Å². The summed E-state index contributed by atoms with van der Waals surface area (Å²) in [5, 5.41) is 21.3. The van der Waals surface area contributed by atoms with Crippen LogP contribution in [0, 0.1) is 12.8 Å². The van der Waals surface area contributed by atoms with Gasteiger partial charge in [0.25, 0.3) is 9.70 Å². The number of halogens is 3. The molecule has 0 saturated carbocycles. The molecule has 4 rings (SSSR count). The average molecular weight is 603 g/mol. The number of aryl methyl sites for hydroxylation is 1. The fraction of sp³-hybridized carbons (Fsp3) is 0.400. The molecule has 2 aromatic carbocycles. The van der Waals surface area contributed by atoms with E-state index in [0.29, 0.717) is 5.75 Å². The van der Waals surface area contributed by atoms with Gasteiger partial charge in [0.15, 0.2) is 10.6 Å². The van der Waals surface area contributed by atoms with Gasteiger partial charge in [-0.15, -0.1) is 10.2 Å². The van der Waals surface area contributed by atoms with Crippen LogP contribution in [0.3, 0.4) is 0 Å². The molecular formula is C25H26Cl3N3O4S2. The molecule has 198 valence electrons. The molecule has 1 amide bonds. The molecule has 0 bridgehead atoms. The minimum atomic E-state index is -2.01. The molecule has 0 aliphatic carbocycles. The summed E-state index contributed by atoms with van der Waals surface area (Å²) in [4.78, 5) is 11.8. The van der Waals surface area contributed by atoms with E-state index in [4.69, 9.17) is 44.3 Å². The number of aromatic nitrogens is 2. The van der Waals surface area contributed by atoms with Crippen molar-refractivity contribution in [1.82, 2.24) is 15.5 Å². The first-order valence-electron chi connectivity index (χ1n) is 11.5. The quantitative estimate of drug-likeness (QED) is 0.245. The first kappa shape index (κ1) is 28.6. The van der Waals surface area contributed by atoms with Gasteiger partial charge in [0.2, 0.25) is 0 Å². The summed E-state index contributed by atoms with van der Waals surface area (Å²) in [6.07, 6.45) is -0.916. The maximum Gasteiger partial charge on any atom is 0.272 e. The average Bonchev–Trinajstić information content (AvgIpc) is 3.31. The molecule has 2 heterocycles. The number of ether oxygens (including phenoxy) is 2. The number of aliphatic hydroxyl groups is 1. The number of aliphatic hydroxyl groups excluding tert-OH is 1. The lowest BCUT2D eigenvalue weighted by molar-refractivity contribution is -0.268. The lowest BCUT2D eigenvalue weighted by Crippen LogP contribution is -2.38. The van der Waals surface area contributed by atoms with E-state index in [1.807, 2.05) is 55.5 Å². The van der Waals surface area contributed by atoms with Gasteiger partial charge in [-0.25, -0.2) is 0 Å². The van der Waals surface area contributed by atoms with Crippen molar-refractivity contribution in [3.05, 3.63) is 75.8 Å². The Balaban J connectivity index is 1.51. The van der Waals surface area contributed by atoms with Crippen LogP contribution in [0.1, 0.15) is 46.6 Å². The van der Waals surface area contributed by atoms with Crippen LogP contribution < -0.4 is 5.32 Å². The molecule has 1 aromatic heterocycles. The van der Waals surface area contributed by atoms with Gasteiger partial charge in [0.05, 0.1) is 18.8 Å². The zero-order valence-corrected chi connectivity index (χ0v) is 24.0. The van der Waals surface area contributed by atoms with E-state index >= 15 is 0 Å². The minimum absolute atomic E-state index is 0.0118. The van der Waals surface area contributed by atoms with Gasteiger partial charge in [-0.2, -0.15) is 0 Å². The van der Waals surface area contributed by atoms with E-state index in [1.54, 1.807) is 23.1 Å². The maximum absolute atomic E-state index is 11.8. The van der Waals surface area contributed by atoms with Crippen molar-refractivity contribution in [2.24, 2.45) is 5.92 Å². The third-order valence-electron chi connectivity index (χ3n) is 5.96. The SMILES string of the molecule is Cc1nnc(SC[C@H]2O[C@@H](c3ccc(CNC(=O)C(Cl)(Cl)Cl)cc3)O[C@@H](c3ccc(CO)cc3)[C@H]2C)s1. The maximum atomic E-state index is 11.8. The van der Waals surface area contributed by atoms with Crippen LogP contribution in [0.2, 0.25) is 0 Å². The van der Waals surface area contributed by atoms with Crippen molar-refractivity contribution in [1.29, 1.82) is 0 Å². The van der Waals surface area contributed by atoms with Gasteiger partial charge >= 0.3 is 0 Å². The Bertz CT molecular complexity index is 1190. The number of amides is 1. The number of alkyl halides is 3. The summed E-state index contributed by atoms with van der Waals surface area (Å²) in [5.74, 6) is 0.0758. The minimum Gasteiger partial charge on any atom is -0.392 e. The van der Waals surface area contributed by atoms with Gasteiger partial charge in [-0.3, -0.25) is 4.79 Å². The predicted molar refractivity (Wildman–Crippen MR) is 147 cm³/mol. The molecule has 1 fully saturated rings. The van der Waals surface area contributed by atoms with Crippen molar-refractivity contribution < 1.29 is 19.4 Å². The Morgan fingerprint density at radius 3 is 2.30 bits per heavy atom. The van der Waals surface area contributed by atoms with Crippen LogP contribution >= 0.6 is 57.9 Å². The van der Waals surface area contributed by atoms with Crippen molar-refractivity contribution in [2.45, 2.75) is 53.6 Å². The van der Waals surface area contributed by atoms with E-state index in [-0.39, 0.29) is 31.3 Å². The van der Waals surface area contributed by atoms with Crippen molar-refractivity contribution in [3.8, 4) is 0 Å². The number of hydrogen-bond donors (Lipinski definition) is 2. The molecule has 12 heteroatoms. The third kappa shape index (κ3) is 7.58. The topological polar surface area (TPSA) is 93.6 Å². The Morgan fingerprint density at radius 2 is 1.70 bits per heavy atom. The molecule has 1 aliphatic rings. The molecule has 0 unspecified atom stereocenters. The smallest absolute Gasteiger partial charge is 0.272 e. The predicted octanol–water partition coefficient (Wildman–Crippen LogP) is 5.91. The van der Waals surface area contributed by atoms with E-state index in [2.05, 4.69) is 22.4 Å². The van der Waals surface area contributed by atoms with Gasteiger partial charge in [-0.1, -0.05) is 113 Å². The standard InChI is InChI=1S/C25H26Cl3N3O4S2/c1-14-20(13-36-24-31-30-15(2)37-24)34-22(35-21(14)18-7-5-17(12-32)6-8-18)19-9-3-16(4-10-19)11-29-23(33)25(26,27)28/h3-10,14,20-22,32H,11-13H2,1-2H3,(H,29,33)/t14-,20+,21+,22+/m0/s1. The number of carbonyl (C=O) groups excluding carboxylic acids is 1. The van der Waals surface area contributed by atoms with Crippen LogP contribution in [0.5, 0.6) is 0 Å². The molecule has 7 nitrogen and oxygen atoms in total. The zero-order chi connectivity index (χ0) is 26.6. The van der Waals surface area contributed by atoms with E-state index in [1.165, 1.54) is 0 Å². The molecule has 1 saturated heterocycles. The third-order valence-corrected chi connectivity index (χ3v) is 8.54. The fourth-order valence-electron chi connectivity index (χ4n) is 3.88. The van der Waals surface area contributed by atoms with Crippen molar-refractivity contribution >= 4 is 63.8 Å². The number of nitrogens with one attached hydrogen (secondary N) is 1. The van der Waals surface area contributed by atoms with Crippen LogP contribution in [0.4, 0.5) is 0 Å². The van der Waals surface area contributed by atoms with E-state index in [9.17, 15) is 9.90 Å². The molecule has 4 atom stereocenters. The highest BCUT2D eigenvalue weighted by atomic mass is 35.6. The second kappa shape index (κ2) is 12.6. The number of hydrogen-bond acceptors (Lipinski definition) is 8. The fourth-order valence-corrected chi connectivity index (χ4v) is 6.08. The highest BCUT2D eigenvalue weighted by Gasteiger charge is 2.38. The zero-order valence-electron chi connectivity index (χ0n) is 20.1. The number of rotatable bonds is 8. The summed E-state index contributed by atoms with van der Waals surface area (Å²) in [7, 11) is 0. The molecule has 3 aromatic rings. The highest BCUT2D eigenvalue weighted by Crippen LogP contribution is 2.43. The van der Waals surface area contributed by atoms with E-state index in [0.717, 1.165) is 31.6 Å². The van der Waals surface area contributed by atoms with Gasteiger partial charge in [-0.05, 0) is 23.6 Å². The molecular weight excluding hydrogens is 577 g/mol. The Kier molecular flexibility index (Phi) is 9.74. The molecule has 0 spiro atoms. The summed E-state index contributed by atoms with van der Waals surface area (Å²) in [6.45, 7) is 4.26. The lowest BCUT2D eigenvalue weighted by atomic mass is 9.91. The summed E-state index contributed by atoms with van der Waals surface area (Å²) in [5.41, 5.74) is 3.55. The second-order valence-corrected chi connectivity index (χ2v) is 13.4. The largest absolute Gasteiger partial charge is 0.392 e. The molecule has 37 heavy (non-hydrogen) atoms. The second-order valence-electron chi connectivity index (χ2n) is 8.64. The molecule has 0 radical (unpaired) electrons. The molecule has 1 aliphatic heterocycles. The van der Waals surface area contributed by atoms with Crippen LogP contribution in [-0.4, -0.2) is 36.9 Å². The Morgan fingerprint density at radius 1 is 1.05 bits per heavy atom. The Hall–Kier alpha value is -1.43. The molecule has 2 N–H and O–H groups in total. The van der Waals surface area contributed by atoms with Gasteiger partial charge in [0, 0.05) is 23.8 Å². The van der Waals surface area contributed by atoms with Crippen molar-refractivity contribution in [2.75, 3.05) is 5.75 Å². The summed E-state index contributed by atoms with van der Waals surface area (Å²) in [6, 6.07) is 15.3. The van der Waals surface area contributed by atoms with Crippen LogP contribution in [-0.2, 0) is 27.4 Å². The van der Waals surface area contributed by atoms with Crippen LogP contribution in [0.25, 0.3) is 0 Å².